The fraction of sp³-hybridized carbons (Fsp3) is 0.235. The molecule has 1 aromatic carbocycles. The van der Waals surface area contributed by atoms with Crippen LogP contribution in [0, 0.1) is 13.8 Å². The van der Waals surface area contributed by atoms with Crippen molar-refractivity contribution in [1.82, 2.24) is 0 Å². The Morgan fingerprint density at radius 1 is 1.11 bits per heavy atom. The molecule has 2 aliphatic carbocycles. The van der Waals surface area contributed by atoms with Gasteiger partial charge in [0.15, 0.2) is 0 Å². The van der Waals surface area contributed by atoms with Gasteiger partial charge in [-0.2, -0.15) is 0 Å². The number of hydrogen-bond donors (Lipinski definition) is 0. The van der Waals surface area contributed by atoms with E-state index in [1.807, 2.05) is 0 Å². The van der Waals surface area contributed by atoms with Gasteiger partial charge >= 0.3 is 124 Å². The van der Waals surface area contributed by atoms with E-state index in [4.69, 9.17) is 0 Å². The molecule has 1 aromatic rings. The molecule has 0 aromatic heterocycles. The summed E-state index contributed by atoms with van der Waals surface area (Å²) in [6, 6.07) is 4.48. The summed E-state index contributed by atoms with van der Waals surface area (Å²) < 4.78 is 1.49. The summed E-state index contributed by atoms with van der Waals surface area (Å²) in [5.74, 6) is 0. The molecule has 0 fully saturated rings. The Morgan fingerprint density at radius 2 is 1.78 bits per heavy atom. The molecule has 86 valence electrons. The Hall–Kier alpha value is -0.807. The van der Waals surface area contributed by atoms with Crippen molar-refractivity contribution in [2.45, 2.75) is 27.2 Å². The SMILES string of the molecule is C=C1Cc2c(C)ccc(C)c2C2=C1[C](=[Zr+2])C(C)=C2. The number of benzene rings is 1. The topological polar surface area (TPSA) is 0 Å². The van der Waals surface area contributed by atoms with Crippen molar-refractivity contribution < 1.29 is 24.2 Å². The van der Waals surface area contributed by atoms with Gasteiger partial charge in [0, 0.05) is 0 Å². The first-order valence-corrected chi connectivity index (χ1v) is 7.53. The second-order valence-corrected chi connectivity index (χ2v) is 6.55. The number of allylic oxidation sites excluding steroid dienone is 5. The molecular weight excluding hydrogens is 295 g/mol. The normalized spacial score (nSPS) is 17.9. The van der Waals surface area contributed by atoms with Gasteiger partial charge in [-0.25, -0.2) is 0 Å². The molecule has 0 saturated carbocycles. The van der Waals surface area contributed by atoms with Crippen molar-refractivity contribution in [1.29, 1.82) is 0 Å². The van der Waals surface area contributed by atoms with Crippen LogP contribution in [-0.2, 0) is 30.7 Å². The zero-order chi connectivity index (χ0) is 13.0. The van der Waals surface area contributed by atoms with Crippen LogP contribution in [0.25, 0.3) is 5.57 Å². The Balaban J connectivity index is 2.38. The van der Waals surface area contributed by atoms with Gasteiger partial charge in [0.05, 0.1) is 0 Å². The van der Waals surface area contributed by atoms with Crippen LogP contribution in [0.1, 0.15) is 29.2 Å². The first kappa shape index (κ1) is 12.2. The predicted molar refractivity (Wildman–Crippen MR) is 74.4 cm³/mol. The predicted octanol–water partition coefficient (Wildman–Crippen LogP) is 3.85. The van der Waals surface area contributed by atoms with Crippen molar-refractivity contribution in [2.24, 2.45) is 0 Å². The van der Waals surface area contributed by atoms with Crippen molar-refractivity contribution in [3.63, 3.8) is 0 Å². The molecule has 18 heavy (non-hydrogen) atoms. The number of hydrogen-bond acceptors (Lipinski definition) is 0. The first-order chi connectivity index (χ1) is 8.50. The van der Waals surface area contributed by atoms with E-state index in [2.05, 4.69) is 45.6 Å². The number of rotatable bonds is 0. The van der Waals surface area contributed by atoms with E-state index >= 15 is 0 Å². The van der Waals surface area contributed by atoms with E-state index < -0.39 is 0 Å². The Labute approximate surface area is 123 Å². The maximum atomic E-state index is 4.31. The van der Waals surface area contributed by atoms with Crippen LogP contribution >= 0.6 is 0 Å². The van der Waals surface area contributed by atoms with E-state index in [0.717, 1.165) is 6.42 Å². The molecule has 1 heteroatoms. The summed E-state index contributed by atoms with van der Waals surface area (Å²) in [6.45, 7) is 11.0. The van der Waals surface area contributed by atoms with Crippen molar-refractivity contribution >= 4 is 8.78 Å². The van der Waals surface area contributed by atoms with Crippen LogP contribution < -0.4 is 0 Å². The Bertz CT molecular complexity index is 669. The summed E-state index contributed by atoms with van der Waals surface area (Å²) in [4.78, 5) is 0. The van der Waals surface area contributed by atoms with E-state index in [0.29, 0.717) is 0 Å². The van der Waals surface area contributed by atoms with E-state index in [1.54, 1.807) is 0 Å². The molecule has 2 aliphatic rings. The third kappa shape index (κ3) is 1.57. The summed E-state index contributed by atoms with van der Waals surface area (Å²) in [7, 11) is 0. The molecule has 0 unspecified atom stereocenters. The molecule has 0 spiro atoms. The van der Waals surface area contributed by atoms with Crippen LogP contribution in [0.5, 0.6) is 0 Å². The second-order valence-electron chi connectivity index (χ2n) is 5.32. The van der Waals surface area contributed by atoms with E-state index in [1.165, 1.54) is 72.0 Å². The minimum absolute atomic E-state index is 1.01. The zero-order valence-electron chi connectivity index (χ0n) is 11.1. The van der Waals surface area contributed by atoms with Gasteiger partial charge in [-0.3, -0.25) is 0 Å². The van der Waals surface area contributed by atoms with Gasteiger partial charge < -0.3 is 0 Å². The van der Waals surface area contributed by atoms with Crippen molar-refractivity contribution in [3.05, 3.63) is 63.8 Å². The third-order valence-corrected chi connectivity index (χ3v) is 5.63. The van der Waals surface area contributed by atoms with Crippen LogP contribution in [-0.4, -0.2) is 3.21 Å². The molecule has 0 aliphatic heterocycles. The molecule has 0 heterocycles. The van der Waals surface area contributed by atoms with Gasteiger partial charge in [-0.05, 0) is 0 Å². The Morgan fingerprint density at radius 3 is 2.50 bits per heavy atom. The van der Waals surface area contributed by atoms with Crippen LogP contribution in [0.2, 0.25) is 0 Å². The van der Waals surface area contributed by atoms with Gasteiger partial charge in [0.1, 0.15) is 0 Å². The molecule has 0 atom stereocenters. The van der Waals surface area contributed by atoms with Crippen LogP contribution in [0.15, 0.2) is 41.5 Å². The van der Waals surface area contributed by atoms with Gasteiger partial charge in [-0.15, -0.1) is 0 Å². The standard InChI is InChI=1S/C17H16.Zr/c1-10-7-14-13(4)9-15-11(2)5-6-12(3)17(15)16(14)8-10;/h5-6,8H,4,9H2,1-3H3;/q;+2. The summed E-state index contributed by atoms with van der Waals surface area (Å²) in [5, 5.41) is 0. The molecular formula is C17H16Zr+2. The molecule has 0 saturated heterocycles. The summed E-state index contributed by atoms with van der Waals surface area (Å²) >= 11 is 1.50. The van der Waals surface area contributed by atoms with Crippen molar-refractivity contribution in [2.75, 3.05) is 0 Å². The average molecular weight is 312 g/mol. The Kier molecular flexibility index (Phi) is 2.79. The maximum absolute atomic E-state index is 4.31. The second kappa shape index (κ2) is 4.10. The molecule has 0 N–H and O–H groups in total. The molecule has 0 radical (unpaired) electrons. The van der Waals surface area contributed by atoms with Gasteiger partial charge in [-0.1, -0.05) is 0 Å². The fourth-order valence-electron chi connectivity index (χ4n) is 3.03. The van der Waals surface area contributed by atoms with Gasteiger partial charge in [0.25, 0.3) is 0 Å². The third-order valence-electron chi connectivity index (χ3n) is 4.04. The molecule has 3 rings (SSSR count). The van der Waals surface area contributed by atoms with Crippen LogP contribution in [0.4, 0.5) is 0 Å². The quantitative estimate of drug-likeness (QED) is 0.683. The minimum atomic E-state index is 1.01. The zero-order valence-corrected chi connectivity index (χ0v) is 13.6. The number of aryl methyl sites for hydroxylation is 2. The monoisotopic (exact) mass is 310 g/mol. The molecule has 0 bridgehead atoms. The van der Waals surface area contributed by atoms with Gasteiger partial charge in [0.2, 0.25) is 0 Å². The van der Waals surface area contributed by atoms with E-state index in [9.17, 15) is 0 Å². The van der Waals surface area contributed by atoms with Crippen LogP contribution in [0.3, 0.4) is 0 Å². The van der Waals surface area contributed by atoms with Crippen molar-refractivity contribution in [3.8, 4) is 0 Å². The average Bonchev–Trinajstić information content (AvgIpc) is 2.61. The first-order valence-electron chi connectivity index (χ1n) is 6.30. The fourth-order valence-corrected chi connectivity index (χ4v) is 3.97. The molecule has 0 nitrogen and oxygen atoms in total. The summed E-state index contributed by atoms with van der Waals surface area (Å²) in [5.41, 5.74) is 11.3. The number of fused-ring (bicyclic) bond motifs is 2. The summed E-state index contributed by atoms with van der Waals surface area (Å²) in [6.07, 6.45) is 3.37. The molecule has 0 amide bonds. The van der Waals surface area contributed by atoms with E-state index in [-0.39, 0.29) is 0 Å².